The molecule has 0 heterocycles. The minimum absolute atomic E-state index is 0.240. The fraction of sp³-hybridized carbons (Fsp3) is 0.613. The standard InChI is InChI=1S/C31H42F2O/c1-3-34-31-29(32)20-25(21-30(31)33)10-9-23-11-15-27(16-12-23)28-17-13-24(14-18-28)19-22(2)26-7-5-4-6-8-26/h4-8,20-24,27-28H,3,9-19H2,1-2H3. The van der Waals surface area contributed by atoms with Gasteiger partial charge in [-0.3, -0.25) is 0 Å². The SMILES string of the molecule is CCOc1c(F)cc(CCC2CCC(C3CCC(CC(C)c4ccccc4)CC3)CC2)cc1F. The molecule has 2 aliphatic carbocycles. The molecule has 2 aromatic carbocycles. The summed E-state index contributed by atoms with van der Waals surface area (Å²) in [5.41, 5.74) is 2.24. The second kappa shape index (κ2) is 12.2. The van der Waals surface area contributed by atoms with Crippen LogP contribution >= 0.6 is 0 Å². The third kappa shape index (κ3) is 6.61. The van der Waals surface area contributed by atoms with E-state index < -0.39 is 11.6 Å². The molecular weight excluding hydrogens is 426 g/mol. The van der Waals surface area contributed by atoms with Gasteiger partial charge in [0.05, 0.1) is 6.61 Å². The van der Waals surface area contributed by atoms with E-state index in [1.165, 1.54) is 75.5 Å². The van der Waals surface area contributed by atoms with Crippen molar-refractivity contribution in [1.82, 2.24) is 0 Å². The van der Waals surface area contributed by atoms with Crippen LogP contribution in [0, 0.1) is 35.3 Å². The molecule has 0 aliphatic heterocycles. The van der Waals surface area contributed by atoms with Gasteiger partial charge < -0.3 is 4.74 Å². The summed E-state index contributed by atoms with van der Waals surface area (Å²) in [6.07, 6.45) is 14.0. The van der Waals surface area contributed by atoms with E-state index in [9.17, 15) is 8.78 Å². The van der Waals surface area contributed by atoms with E-state index in [2.05, 4.69) is 37.3 Å². The van der Waals surface area contributed by atoms with Crippen molar-refractivity contribution in [3.8, 4) is 5.75 Å². The number of ether oxygens (including phenoxy) is 1. The summed E-state index contributed by atoms with van der Waals surface area (Å²) in [5.74, 6) is 2.66. The van der Waals surface area contributed by atoms with Crippen LogP contribution in [-0.2, 0) is 6.42 Å². The van der Waals surface area contributed by atoms with Gasteiger partial charge in [0.2, 0.25) is 0 Å². The normalized spacial score (nSPS) is 26.2. The molecule has 186 valence electrons. The Bertz CT molecular complexity index is 857. The zero-order valence-electron chi connectivity index (χ0n) is 21.1. The summed E-state index contributed by atoms with van der Waals surface area (Å²) in [4.78, 5) is 0. The van der Waals surface area contributed by atoms with Crippen LogP contribution in [0.3, 0.4) is 0 Å². The summed E-state index contributed by atoms with van der Waals surface area (Å²) in [7, 11) is 0. The molecule has 2 saturated carbocycles. The molecule has 2 aliphatic rings. The van der Waals surface area contributed by atoms with Gasteiger partial charge in [-0.05, 0) is 105 Å². The third-order valence-electron chi connectivity index (χ3n) is 8.69. The van der Waals surface area contributed by atoms with Gasteiger partial charge in [0.15, 0.2) is 17.4 Å². The third-order valence-corrected chi connectivity index (χ3v) is 8.69. The van der Waals surface area contributed by atoms with Gasteiger partial charge in [0.25, 0.3) is 0 Å². The molecule has 2 fully saturated rings. The van der Waals surface area contributed by atoms with Crippen LogP contribution in [0.2, 0.25) is 0 Å². The molecule has 2 aromatic rings. The predicted molar refractivity (Wildman–Crippen MR) is 136 cm³/mol. The second-order valence-corrected chi connectivity index (χ2v) is 11.0. The van der Waals surface area contributed by atoms with Gasteiger partial charge >= 0.3 is 0 Å². The number of rotatable bonds is 9. The first kappa shape index (κ1) is 25.2. The average molecular weight is 469 g/mol. The van der Waals surface area contributed by atoms with Crippen molar-refractivity contribution in [2.75, 3.05) is 6.61 Å². The van der Waals surface area contributed by atoms with E-state index >= 15 is 0 Å². The van der Waals surface area contributed by atoms with Gasteiger partial charge in [0, 0.05) is 0 Å². The Morgan fingerprint density at radius 3 is 1.94 bits per heavy atom. The lowest BCUT2D eigenvalue weighted by atomic mass is 9.67. The van der Waals surface area contributed by atoms with Crippen LogP contribution in [0.15, 0.2) is 42.5 Å². The molecule has 0 amide bonds. The molecular formula is C31H42F2O. The van der Waals surface area contributed by atoms with Crippen molar-refractivity contribution in [1.29, 1.82) is 0 Å². The largest absolute Gasteiger partial charge is 0.488 e. The van der Waals surface area contributed by atoms with E-state index in [4.69, 9.17) is 4.74 Å². The van der Waals surface area contributed by atoms with E-state index in [-0.39, 0.29) is 12.4 Å². The number of halogens is 2. The molecule has 4 rings (SSSR count). The predicted octanol–water partition coefficient (Wildman–Crippen LogP) is 9.10. The minimum Gasteiger partial charge on any atom is -0.488 e. The first-order valence-corrected chi connectivity index (χ1v) is 13.7. The number of benzene rings is 2. The minimum atomic E-state index is -0.575. The Morgan fingerprint density at radius 1 is 0.824 bits per heavy atom. The maximum atomic E-state index is 14.1. The number of hydrogen-bond donors (Lipinski definition) is 0. The number of aryl methyl sites for hydroxylation is 1. The van der Waals surface area contributed by atoms with Crippen molar-refractivity contribution in [2.24, 2.45) is 23.7 Å². The lowest BCUT2D eigenvalue weighted by Crippen LogP contribution is -2.26. The Labute approximate surface area is 205 Å². The highest BCUT2D eigenvalue weighted by atomic mass is 19.1. The van der Waals surface area contributed by atoms with Crippen LogP contribution < -0.4 is 4.74 Å². The van der Waals surface area contributed by atoms with Crippen molar-refractivity contribution in [3.05, 3.63) is 65.2 Å². The van der Waals surface area contributed by atoms with Crippen LogP contribution in [0.1, 0.15) is 95.1 Å². The van der Waals surface area contributed by atoms with Crippen molar-refractivity contribution in [2.45, 2.75) is 90.4 Å². The van der Waals surface area contributed by atoms with E-state index in [1.54, 1.807) is 6.92 Å². The van der Waals surface area contributed by atoms with Gasteiger partial charge in [-0.15, -0.1) is 0 Å². The first-order chi connectivity index (χ1) is 16.5. The molecule has 3 heteroatoms. The lowest BCUT2D eigenvalue weighted by Gasteiger charge is -2.38. The summed E-state index contributed by atoms with van der Waals surface area (Å²) in [6, 6.07) is 13.9. The molecule has 1 unspecified atom stereocenters. The fourth-order valence-corrected chi connectivity index (χ4v) is 6.67. The van der Waals surface area contributed by atoms with Gasteiger partial charge in [0.1, 0.15) is 0 Å². The van der Waals surface area contributed by atoms with Crippen molar-refractivity contribution < 1.29 is 13.5 Å². The first-order valence-electron chi connectivity index (χ1n) is 13.7. The smallest absolute Gasteiger partial charge is 0.190 e. The van der Waals surface area contributed by atoms with Gasteiger partial charge in [-0.2, -0.15) is 0 Å². The van der Waals surface area contributed by atoms with Crippen LogP contribution in [0.25, 0.3) is 0 Å². The van der Waals surface area contributed by atoms with E-state index in [1.807, 2.05) is 0 Å². The Hall–Kier alpha value is -1.90. The summed E-state index contributed by atoms with van der Waals surface area (Å²) in [6.45, 7) is 4.39. The fourth-order valence-electron chi connectivity index (χ4n) is 6.67. The summed E-state index contributed by atoms with van der Waals surface area (Å²) >= 11 is 0. The molecule has 0 aromatic heterocycles. The lowest BCUT2D eigenvalue weighted by molar-refractivity contribution is 0.139. The second-order valence-electron chi connectivity index (χ2n) is 11.0. The van der Waals surface area contributed by atoms with E-state index in [0.717, 1.165) is 36.2 Å². The molecule has 0 radical (unpaired) electrons. The zero-order chi connectivity index (χ0) is 23.9. The van der Waals surface area contributed by atoms with Crippen molar-refractivity contribution >= 4 is 0 Å². The van der Waals surface area contributed by atoms with Crippen molar-refractivity contribution in [3.63, 3.8) is 0 Å². The molecule has 0 spiro atoms. The number of hydrogen-bond acceptors (Lipinski definition) is 1. The van der Waals surface area contributed by atoms with Crippen LogP contribution in [-0.4, -0.2) is 6.61 Å². The van der Waals surface area contributed by atoms with Gasteiger partial charge in [-0.25, -0.2) is 8.78 Å². The Kier molecular flexibility index (Phi) is 9.03. The molecule has 0 saturated heterocycles. The summed E-state index contributed by atoms with van der Waals surface area (Å²) in [5, 5.41) is 0. The molecule has 0 bridgehead atoms. The quantitative estimate of drug-likeness (QED) is 0.356. The maximum Gasteiger partial charge on any atom is 0.190 e. The Morgan fingerprint density at radius 2 is 1.38 bits per heavy atom. The molecule has 1 nitrogen and oxygen atoms in total. The zero-order valence-corrected chi connectivity index (χ0v) is 21.1. The Balaban J connectivity index is 1.17. The maximum absolute atomic E-state index is 14.1. The van der Waals surface area contributed by atoms with Crippen LogP contribution in [0.4, 0.5) is 8.78 Å². The van der Waals surface area contributed by atoms with Crippen LogP contribution in [0.5, 0.6) is 5.75 Å². The highest BCUT2D eigenvalue weighted by Crippen LogP contribution is 2.44. The average Bonchev–Trinajstić information content (AvgIpc) is 2.86. The topological polar surface area (TPSA) is 9.23 Å². The molecule has 0 N–H and O–H groups in total. The highest BCUT2D eigenvalue weighted by Gasteiger charge is 2.31. The molecule has 1 atom stereocenters. The van der Waals surface area contributed by atoms with Gasteiger partial charge in [-0.1, -0.05) is 62.9 Å². The summed E-state index contributed by atoms with van der Waals surface area (Å²) < 4.78 is 33.4. The molecule has 34 heavy (non-hydrogen) atoms. The highest BCUT2D eigenvalue weighted by molar-refractivity contribution is 5.31. The monoisotopic (exact) mass is 468 g/mol. The van der Waals surface area contributed by atoms with E-state index in [0.29, 0.717) is 11.8 Å².